The van der Waals surface area contributed by atoms with Crippen molar-refractivity contribution in [2.75, 3.05) is 39.0 Å². The van der Waals surface area contributed by atoms with Crippen LogP contribution in [0.1, 0.15) is 33.5 Å². The number of aromatic nitrogens is 2. The molecule has 2 heterocycles. The lowest BCUT2D eigenvalue weighted by atomic mass is 9.87. The van der Waals surface area contributed by atoms with E-state index in [4.69, 9.17) is 11.5 Å². The summed E-state index contributed by atoms with van der Waals surface area (Å²) in [6.45, 7) is 5.49. The number of amides is 1. The maximum Gasteiger partial charge on any atom is 0.264 e. The van der Waals surface area contributed by atoms with Crippen LogP contribution in [0.3, 0.4) is 0 Å². The second kappa shape index (κ2) is 10.4. The van der Waals surface area contributed by atoms with Gasteiger partial charge in [-0.3, -0.25) is 9.69 Å². The van der Waals surface area contributed by atoms with Crippen LogP contribution in [0.15, 0.2) is 54.7 Å². The zero-order valence-corrected chi connectivity index (χ0v) is 21.4. The van der Waals surface area contributed by atoms with Gasteiger partial charge >= 0.3 is 0 Å². The number of primary amides is 1. The van der Waals surface area contributed by atoms with Crippen molar-refractivity contribution in [2.24, 2.45) is 5.73 Å². The molecule has 1 saturated heterocycles. The number of rotatable bonds is 6. The number of likely N-dealkylation sites (N-methyl/N-ethyl adjacent to an activating group) is 1. The Morgan fingerprint density at radius 3 is 2.47 bits per heavy atom. The number of nitrogens with zero attached hydrogens (tertiary/aromatic N) is 4. The van der Waals surface area contributed by atoms with Gasteiger partial charge in [0.15, 0.2) is 0 Å². The van der Waals surface area contributed by atoms with Gasteiger partial charge < -0.3 is 16.4 Å². The van der Waals surface area contributed by atoms with Crippen LogP contribution in [0.5, 0.6) is 0 Å². The van der Waals surface area contributed by atoms with E-state index in [0.717, 1.165) is 53.8 Å². The molecule has 1 aliphatic rings. The molecule has 9 heteroatoms. The number of carbonyl (C=O) groups excluding carboxylic acids is 1. The predicted molar refractivity (Wildman–Crippen MR) is 146 cm³/mol. The van der Waals surface area contributed by atoms with Crippen molar-refractivity contribution < 1.29 is 13.6 Å². The Balaban J connectivity index is 1.67. The summed E-state index contributed by atoms with van der Waals surface area (Å²) in [7, 11) is 2.04. The number of alkyl halides is 2. The summed E-state index contributed by atoms with van der Waals surface area (Å²) in [6.07, 6.45) is -1.01. The van der Waals surface area contributed by atoms with E-state index in [1.807, 2.05) is 50.4 Å². The van der Waals surface area contributed by atoms with Crippen LogP contribution < -0.4 is 11.5 Å². The smallest absolute Gasteiger partial charge is 0.264 e. The fraction of sp³-hybridized carbons (Fsp3) is 0.276. The quantitative estimate of drug-likeness (QED) is 0.387. The molecular formula is C29H30F2N6O. The number of hydrogen-bond donors (Lipinski definition) is 2. The largest absolute Gasteiger partial charge is 0.368 e. The number of carbonyl (C=O) groups is 1. The van der Waals surface area contributed by atoms with Gasteiger partial charge in [0, 0.05) is 55.4 Å². The normalized spacial score (nSPS) is 14.9. The lowest BCUT2D eigenvalue weighted by Crippen LogP contribution is -2.44. The summed E-state index contributed by atoms with van der Waals surface area (Å²) in [6, 6.07) is 14.3. The van der Waals surface area contributed by atoms with Crippen molar-refractivity contribution in [2.45, 2.75) is 19.9 Å². The van der Waals surface area contributed by atoms with Crippen LogP contribution in [0.4, 0.5) is 14.7 Å². The highest BCUT2D eigenvalue weighted by Gasteiger charge is 2.25. The number of fused-ring (bicyclic) bond motifs is 1. The number of aryl methyl sites for hydroxylation is 1. The molecule has 0 spiro atoms. The van der Waals surface area contributed by atoms with Gasteiger partial charge in [-0.15, -0.1) is 0 Å². The van der Waals surface area contributed by atoms with E-state index in [-0.39, 0.29) is 17.1 Å². The molecule has 1 amide bonds. The molecule has 4 aromatic rings. The highest BCUT2D eigenvalue weighted by Crippen LogP contribution is 2.38. The van der Waals surface area contributed by atoms with Gasteiger partial charge in [0.05, 0.1) is 5.52 Å². The summed E-state index contributed by atoms with van der Waals surface area (Å²) < 4.78 is 28.6. The Kier molecular flexibility index (Phi) is 7.05. The fourth-order valence-electron chi connectivity index (χ4n) is 5.11. The Bertz CT molecular complexity index is 1510. The minimum atomic E-state index is -2.68. The molecule has 1 fully saturated rings. The first kappa shape index (κ1) is 25.7. The SMILES string of the molecule is Cc1ccc(-c2c(C(N)=O)ccc(C(F)F)c2CN2CCN(C)CC2)cc1-c1ccc2nc(N)ncc2c1. The molecule has 4 N–H and O–H groups in total. The molecule has 0 unspecified atom stereocenters. The first-order valence-corrected chi connectivity index (χ1v) is 12.5. The number of anilines is 1. The first-order chi connectivity index (χ1) is 18.2. The molecule has 1 aliphatic heterocycles. The maximum atomic E-state index is 14.3. The zero-order valence-electron chi connectivity index (χ0n) is 21.4. The average Bonchev–Trinajstić information content (AvgIpc) is 2.89. The van der Waals surface area contributed by atoms with Crippen LogP contribution in [0.2, 0.25) is 0 Å². The van der Waals surface area contributed by atoms with Gasteiger partial charge in [-0.25, -0.2) is 18.7 Å². The molecule has 0 bridgehead atoms. The van der Waals surface area contributed by atoms with Crippen molar-refractivity contribution >= 4 is 22.8 Å². The summed E-state index contributed by atoms with van der Waals surface area (Å²) in [4.78, 5) is 25.3. The van der Waals surface area contributed by atoms with Gasteiger partial charge in [0.1, 0.15) is 0 Å². The topological polar surface area (TPSA) is 101 Å². The van der Waals surface area contributed by atoms with Crippen molar-refractivity contribution in [3.63, 3.8) is 0 Å². The van der Waals surface area contributed by atoms with E-state index in [1.54, 1.807) is 6.20 Å². The molecule has 5 rings (SSSR count). The highest BCUT2D eigenvalue weighted by atomic mass is 19.3. The Morgan fingerprint density at radius 1 is 1.03 bits per heavy atom. The molecular weight excluding hydrogens is 486 g/mol. The van der Waals surface area contributed by atoms with Crippen LogP contribution in [-0.2, 0) is 6.54 Å². The van der Waals surface area contributed by atoms with Gasteiger partial charge in [0.2, 0.25) is 11.9 Å². The molecule has 0 radical (unpaired) electrons. The second-order valence-electron chi connectivity index (χ2n) is 9.83. The third-order valence-electron chi connectivity index (χ3n) is 7.26. The summed E-state index contributed by atoms with van der Waals surface area (Å²) >= 11 is 0. The van der Waals surface area contributed by atoms with Crippen LogP contribution in [0.25, 0.3) is 33.2 Å². The van der Waals surface area contributed by atoms with Gasteiger partial charge in [-0.1, -0.05) is 24.3 Å². The molecule has 0 aliphatic carbocycles. The maximum absolute atomic E-state index is 14.3. The Morgan fingerprint density at radius 2 is 1.76 bits per heavy atom. The lowest BCUT2D eigenvalue weighted by molar-refractivity contribution is 0.0999. The molecule has 38 heavy (non-hydrogen) atoms. The summed E-state index contributed by atoms with van der Waals surface area (Å²) in [5, 5.41) is 0.829. The number of benzene rings is 3. The number of nitrogen functional groups attached to an aromatic ring is 1. The second-order valence-corrected chi connectivity index (χ2v) is 9.83. The highest BCUT2D eigenvalue weighted by molar-refractivity contribution is 6.01. The lowest BCUT2D eigenvalue weighted by Gasteiger charge is -2.33. The zero-order chi connectivity index (χ0) is 27.0. The third kappa shape index (κ3) is 5.07. The standard InChI is InChI=1S/C29H30F2N6O/c1-17-3-4-19(14-23(17)18-5-8-25-20(13-18)15-34-29(33)35-25)26-22(28(32)38)7-6-21(27(30)31)24(26)16-37-11-9-36(2)10-12-37/h3-8,13-15,27H,9-12,16H2,1-2H3,(H2,32,38)(H2,33,34,35). The molecule has 1 aromatic heterocycles. The van der Waals surface area contributed by atoms with E-state index in [0.29, 0.717) is 23.2 Å². The first-order valence-electron chi connectivity index (χ1n) is 12.5. The van der Waals surface area contributed by atoms with E-state index in [9.17, 15) is 13.6 Å². The summed E-state index contributed by atoms with van der Waals surface area (Å²) in [5.74, 6) is -0.447. The van der Waals surface area contributed by atoms with E-state index >= 15 is 0 Å². The molecule has 196 valence electrons. The van der Waals surface area contributed by atoms with Gasteiger partial charge in [-0.05, 0) is 71.6 Å². The monoisotopic (exact) mass is 516 g/mol. The minimum absolute atomic E-state index is 0.0773. The molecule has 3 aromatic carbocycles. The number of hydrogen-bond acceptors (Lipinski definition) is 6. The molecule has 7 nitrogen and oxygen atoms in total. The predicted octanol–water partition coefficient (Wildman–Crippen LogP) is 4.64. The van der Waals surface area contributed by atoms with Crippen molar-refractivity contribution in [1.29, 1.82) is 0 Å². The third-order valence-corrected chi connectivity index (χ3v) is 7.26. The van der Waals surface area contributed by atoms with Crippen molar-refractivity contribution in [3.8, 4) is 22.3 Å². The van der Waals surface area contributed by atoms with Crippen LogP contribution in [-0.4, -0.2) is 58.9 Å². The molecule has 0 saturated carbocycles. The number of nitrogens with two attached hydrogens (primary N) is 2. The Labute approximate surface area is 220 Å². The Hall–Kier alpha value is -3.95. The average molecular weight is 517 g/mol. The van der Waals surface area contributed by atoms with Gasteiger partial charge in [0.25, 0.3) is 6.43 Å². The van der Waals surface area contributed by atoms with Crippen LogP contribution >= 0.6 is 0 Å². The van der Waals surface area contributed by atoms with E-state index in [1.165, 1.54) is 12.1 Å². The number of halogens is 2. The van der Waals surface area contributed by atoms with Crippen LogP contribution in [0, 0.1) is 6.92 Å². The fourth-order valence-corrected chi connectivity index (χ4v) is 5.11. The van der Waals surface area contributed by atoms with Crippen molar-refractivity contribution in [3.05, 3.63) is 77.0 Å². The van der Waals surface area contributed by atoms with E-state index < -0.39 is 12.3 Å². The van der Waals surface area contributed by atoms with Gasteiger partial charge in [-0.2, -0.15) is 0 Å². The summed E-state index contributed by atoms with van der Waals surface area (Å²) in [5.41, 5.74) is 16.8. The number of piperazine rings is 1. The molecule has 0 atom stereocenters. The van der Waals surface area contributed by atoms with Crippen molar-refractivity contribution in [1.82, 2.24) is 19.8 Å². The minimum Gasteiger partial charge on any atom is -0.368 e. The van der Waals surface area contributed by atoms with E-state index in [2.05, 4.69) is 19.8 Å².